The van der Waals surface area contributed by atoms with Crippen molar-refractivity contribution in [2.24, 2.45) is 0 Å². The molecule has 0 aliphatic heterocycles. The van der Waals surface area contributed by atoms with Crippen molar-refractivity contribution in [3.05, 3.63) is 65.2 Å². The highest BCUT2D eigenvalue weighted by Crippen LogP contribution is 2.19. The zero-order chi connectivity index (χ0) is 19.8. The van der Waals surface area contributed by atoms with Gasteiger partial charge in [0.2, 0.25) is 0 Å². The van der Waals surface area contributed by atoms with Crippen molar-refractivity contribution >= 4 is 17.5 Å². The Hall–Kier alpha value is -2.66. The summed E-state index contributed by atoms with van der Waals surface area (Å²) in [4.78, 5) is 29.2. The number of nitrogens with one attached hydrogen (secondary N) is 1. The molecular weight excluding hydrogens is 338 g/mol. The maximum atomic E-state index is 13.0. The van der Waals surface area contributed by atoms with E-state index < -0.39 is 0 Å². The largest absolute Gasteiger partial charge is 0.352 e. The van der Waals surface area contributed by atoms with Gasteiger partial charge in [-0.1, -0.05) is 18.2 Å². The third kappa shape index (κ3) is 5.93. The van der Waals surface area contributed by atoms with E-state index in [0.29, 0.717) is 24.2 Å². The third-order valence-corrected chi connectivity index (χ3v) is 4.31. The van der Waals surface area contributed by atoms with Crippen molar-refractivity contribution in [2.45, 2.75) is 20.3 Å². The number of carbonyl (C=O) groups is 2. The highest BCUT2D eigenvalue weighted by molar-refractivity contribution is 6.07. The van der Waals surface area contributed by atoms with Crippen LogP contribution in [0.15, 0.2) is 48.5 Å². The molecule has 27 heavy (non-hydrogen) atoms. The Bertz CT molecular complexity index is 787. The predicted octanol–water partition coefficient (Wildman–Crippen LogP) is 3.34. The fourth-order valence-corrected chi connectivity index (χ4v) is 2.89. The van der Waals surface area contributed by atoms with Crippen LogP contribution in [0.4, 0.5) is 5.69 Å². The van der Waals surface area contributed by atoms with Gasteiger partial charge < -0.3 is 15.1 Å². The first-order valence-corrected chi connectivity index (χ1v) is 9.34. The normalized spacial score (nSPS) is 10.7. The Balaban J connectivity index is 2.10. The van der Waals surface area contributed by atoms with E-state index in [0.717, 1.165) is 24.2 Å². The Kier molecular flexibility index (Phi) is 7.55. The first-order valence-electron chi connectivity index (χ1n) is 9.34. The molecule has 0 aliphatic carbocycles. The van der Waals surface area contributed by atoms with Gasteiger partial charge in [-0.15, -0.1) is 0 Å². The summed E-state index contributed by atoms with van der Waals surface area (Å²) in [6, 6.07) is 14.8. The molecule has 0 aliphatic rings. The zero-order valence-corrected chi connectivity index (χ0v) is 16.7. The molecule has 0 unspecified atom stereocenters. The number of carbonyl (C=O) groups excluding carboxylic acids is 2. The Morgan fingerprint density at radius 2 is 1.70 bits per heavy atom. The van der Waals surface area contributed by atoms with Gasteiger partial charge in [0.15, 0.2) is 0 Å². The van der Waals surface area contributed by atoms with E-state index in [2.05, 4.69) is 10.2 Å². The summed E-state index contributed by atoms with van der Waals surface area (Å²) in [7, 11) is 4.01. The van der Waals surface area contributed by atoms with E-state index in [1.165, 1.54) is 0 Å². The second kappa shape index (κ2) is 9.88. The molecule has 1 N–H and O–H groups in total. The first-order chi connectivity index (χ1) is 12.9. The van der Waals surface area contributed by atoms with E-state index in [1.807, 2.05) is 52.2 Å². The van der Waals surface area contributed by atoms with E-state index in [-0.39, 0.29) is 11.8 Å². The van der Waals surface area contributed by atoms with Crippen LogP contribution in [0.5, 0.6) is 0 Å². The van der Waals surface area contributed by atoms with Crippen LogP contribution in [0.25, 0.3) is 0 Å². The maximum absolute atomic E-state index is 13.0. The lowest BCUT2D eigenvalue weighted by atomic mass is 10.1. The van der Waals surface area contributed by atoms with Gasteiger partial charge in [-0.05, 0) is 76.8 Å². The topological polar surface area (TPSA) is 52.7 Å². The number of benzene rings is 2. The molecule has 0 radical (unpaired) electrons. The molecule has 2 rings (SSSR count). The Labute approximate surface area is 162 Å². The zero-order valence-electron chi connectivity index (χ0n) is 16.7. The van der Waals surface area contributed by atoms with Gasteiger partial charge in [-0.3, -0.25) is 9.59 Å². The number of aryl methyl sites for hydroxylation is 1. The van der Waals surface area contributed by atoms with Gasteiger partial charge in [0, 0.05) is 29.9 Å². The SMILES string of the molecule is CCN(C(=O)c1cccc(C(=O)NCCCN(C)C)c1)c1cccc(C)c1. The fourth-order valence-electron chi connectivity index (χ4n) is 2.89. The second-order valence-electron chi connectivity index (χ2n) is 6.88. The third-order valence-electron chi connectivity index (χ3n) is 4.31. The monoisotopic (exact) mass is 367 g/mol. The average Bonchev–Trinajstić information content (AvgIpc) is 2.65. The molecule has 2 aromatic carbocycles. The number of rotatable bonds is 8. The minimum Gasteiger partial charge on any atom is -0.352 e. The molecule has 144 valence electrons. The summed E-state index contributed by atoms with van der Waals surface area (Å²) in [5, 5.41) is 2.91. The molecule has 0 aromatic heterocycles. The summed E-state index contributed by atoms with van der Waals surface area (Å²) in [5.41, 5.74) is 2.98. The van der Waals surface area contributed by atoms with Crippen LogP contribution in [0, 0.1) is 6.92 Å². The van der Waals surface area contributed by atoms with Crippen LogP contribution >= 0.6 is 0 Å². The number of anilines is 1. The van der Waals surface area contributed by atoms with Gasteiger partial charge >= 0.3 is 0 Å². The summed E-state index contributed by atoms with van der Waals surface area (Å²) < 4.78 is 0. The van der Waals surface area contributed by atoms with Gasteiger partial charge in [-0.2, -0.15) is 0 Å². The molecule has 0 bridgehead atoms. The molecule has 0 spiro atoms. The minimum atomic E-state index is -0.151. The first kappa shape index (κ1) is 20.6. The van der Waals surface area contributed by atoms with Crippen LogP contribution < -0.4 is 10.2 Å². The maximum Gasteiger partial charge on any atom is 0.258 e. The summed E-state index contributed by atoms with van der Waals surface area (Å²) >= 11 is 0. The molecule has 5 heteroatoms. The summed E-state index contributed by atoms with van der Waals surface area (Å²) in [6.45, 7) is 6.04. The van der Waals surface area contributed by atoms with Crippen molar-refractivity contribution in [2.75, 3.05) is 38.6 Å². The van der Waals surface area contributed by atoms with E-state index in [4.69, 9.17) is 0 Å². The summed E-state index contributed by atoms with van der Waals surface area (Å²) in [5.74, 6) is -0.257. The molecule has 5 nitrogen and oxygen atoms in total. The van der Waals surface area contributed by atoms with Gasteiger partial charge in [0.05, 0.1) is 0 Å². The smallest absolute Gasteiger partial charge is 0.258 e. The van der Waals surface area contributed by atoms with E-state index in [1.54, 1.807) is 29.2 Å². The number of hydrogen-bond acceptors (Lipinski definition) is 3. The quantitative estimate of drug-likeness (QED) is 0.728. The van der Waals surface area contributed by atoms with Gasteiger partial charge in [0.25, 0.3) is 11.8 Å². The molecule has 0 atom stereocenters. The van der Waals surface area contributed by atoms with Crippen molar-refractivity contribution in [3.63, 3.8) is 0 Å². The van der Waals surface area contributed by atoms with Crippen molar-refractivity contribution in [1.29, 1.82) is 0 Å². The summed E-state index contributed by atoms with van der Waals surface area (Å²) in [6.07, 6.45) is 0.883. The number of amides is 2. The lowest BCUT2D eigenvalue weighted by Crippen LogP contribution is -2.31. The van der Waals surface area contributed by atoms with Crippen LogP contribution in [0.1, 0.15) is 39.6 Å². The number of nitrogens with zero attached hydrogens (tertiary/aromatic N) is 2. The van der Waals surface area contributed by atoms with Crippen LogP contribution in [-0.2, 0) is 0 Å². The highest BCUT2D eigenvalue weighted by atomic mass is 16.2. The molecular formula is C22H29N3O2. The second-order valence-corrected chi connectivity index (χ2v) is 6.88. The van der Waals surface area contributed by atoms with Crippen LogP contribution in [0.3, 0.4) is 0 Å². The van der Waals surface area contributed by atoms with E-state index >= 15 is 0 Å². The Morgan fingerprint density at radius 1 is 1.00 bits per heavy atom. The molecule has 0 saturated heterocycles. The highest BCUT2D eigenvalue weighted by Gasteiger charge is 2.17. The molecule has 0 fully saturated rings. The predicted molar refractivity (Wildman–Crippen MR) is 110 cm³/mol. The van der Waals surface area contributed by atoms with Gasteiger partial charge in [0.1, 0.15) is 0 Å². The lowest BCUT2D eigenvalue weighted by molar-refractivity contribution is 0.0952. The van der Waals surface area contributed by atoms with Crippen LogP contribution in [-0.4, -0.2) is 50.4 Å². The molecule has 2 amide bonds. The molecule has 0 saturated carbocycles. The van der Waals surface area contributed by atoms with Crippen molar-refractivity contribution in [3.8, 4) is 0 Å². The fraction of sp³-hybridized carbons (Fsp3) is 0.364. The minimum absolute atomic E-state index is 0.106. The molecule has 0 heterocycles. The van der Waals surface area contributed by atoms with Crippen LogP contribution in [0.2, 0.25) is 0 Å². The van der Waals surface area contributed by atoms with Crippen molar-refractivity contribution < 1.29 is 9.59 Å². The average molecular weight is 367 g/mol. The lowest BCUT2D eigenvalue weighted by Gasteiger charge is -2.22. The van der Waals surface area contributed by atoms with E-state index in [9.17, 15) is 9.59 Å². The van der Waals surface area contributed by atoms with Crippen molar-refractivity contribution in [1.82, 2.24) is 10.2 Å². The number of hydrogen-bond donors (Lipinski definition) is 1. The van der Waals surface area contributed by atoms with Gasteiger partial charge in [-0.25, -0.2) is 0 Å². The Morgan fingerprint density at radius 3 is 2.37 bits per heavy atom. The molecule has 2 aromatic rings. The standard InChI is InChI=1S/C22H29N3O2/c1-5-25(20-12-6-9-17(2)15-20)22(27)19-11-7-10-18(16-19)21(26)23-13-8-14-24(3)4/h6-7,9-12,15-16H,5,8,13-14H2,1-4H3,(H,23,26).